The lowest BCUT2D eigenvalue weighted by molar-refractivity contribution is 0.0458. The molecule has 0 aliphatic carbocycles. The highest BCUT2D eigenvalue weighted by atomic mass is 35.5. The molecule has 192 valence electrons. The van der Waals surface area contributed by atoms with Gasteiger partial charge in [-0.2, -0.15) is 0 Å². The summed E-state index contributed by atoms with van der Waals surface area (Å²) in [7, 11) is 1.47. The van der Waals surface area contributed by atoms with Gasteiger partial charge in [0.15, 0.2) is 0 Å². The van der Waals surface area contributed by atoms with Crippen molar-refractivity contribution < 1.29 is 23.9 Å². The SMILES string of the molecule is COc1cc(N)c(Cl)cc1C(=O)OCCC1CCN(CCCCN2C(=O)c3ccccc3C2=O)CC1. The van der Waals surface area contributed by atoms with Crippen molar-refractivity contribution in [1.82, 2.24) is 9.80 Å². The first kappa shape index (κ1) is 26.0. The lowest BCUT2D eigenvalue weighted by Crippen LogP contribution is -2.35. The maximum absolute atomic E-state index is 12.5. The number of nitrogens with two attached hydrogens (primary N) is 1. The van der Waals surface area contributed by atoms with Crippen molar-refractivity contribution in [2.75, 3.05) is 45.6 Å². The molecule has 0 aromatic heterocycles. The molecule has 8 nitrogen and oxygen atoms in total. The number of amides is 2. The van der Waals surface area contributed by atoms with Crippen LogP contribution in [0.4, 0.5) is 5.69 Å². The average Bonchev–Trinajstić information content (AvgIpc) is 3.13. The fraction of sp³-hybridized carbons (Fsp3) is 0.444. The van der Waals surface area contributed by atoms with Crippen LogP contribution in [0.5, 0.6) is 5.75 Å². The minimum atomic E-state index is -0.468. The normalized spacial score (nSPS) is 16.3. The lowest BCUT2D eigenvalue weighted by Gasteiger charge is -2.32. The van der Waals surface area contributed by atoms with Gasteiger partial charge < -0.3 is 20.1 Å². The number of benzene rings is 2. The minimum Gasteiger partial charge on any atom is -0.496 e. The van der Waals surface area contributed by atoms with E-state index in [0.29, 0.717) is 46.7 Å². The molecule has 1 saturated heterocycles. The number of methoxy groups -OCH3 is 1. The number of nitrogens with zero attached hydrogens (tertiary/aromatic N) is 2. The zero-order valence-electron chi connectivity index (χ0n) is 20.5. The van der Waals surface area contributed by atoms with Gasteiger partial charge in [-0.05, 0) is 75.9 Å². The van der Waals surface area contributed by atoms with Gasteiger partial charge in [-0.3, -0.25) is 14.5 Å². The number of likely N-dealkylation sites (tertiary alicyclic amines) is 1. The van der Waals surface area contributed by atoms with Crippen LogP contribution in [-0.2, 0) is 4.74 Å². The number of piperidine rings is 1. The van der Waals surface area contributed by atoms with Gasteiger partial charge in [-0.15, -0.1) is 0 Å². The molecule has 0 bridgehead atoms. The van der Waals surface area contributed by atoms with Crippen molar-refractivity contribution in [3.63, 3.8) is 0 Å². The predicted molar refractivity (Wildman–Crippen MR) is 138 cm³/mol. The van der Waals surface area contributed by atoms with Gasteiger partial charge in [0.1, 0.15) is 11.3 Å². The van der Waals surface area contributed by atoms with Crippen LogP contribution in [0, 0.1) is 5.92 Å². The quantitative estimate of drug-likeness (QED) is 0.219. The van der Waals surface area contributed by atoms with E-state index in [0.717, 1.165) is 51.7 Å². The number of esters is 1. The van der Waals surface area contributed by atoms with E-state index in [2.05, 4.69) is 4.90 Å². The van der Waals surface area contributed by atoms with Crippen molar-refractivity contribution >= 4 is 35.1 Å². The largest absolute Gasteiger partial charge is 0.496 e. The van der Waals surface area contributed by atoms with E-state index in [4.69, 9.17) is 26.8 Å². The zero-order valence-corrected chi connectivity index (χ0v) is 21.3. The smallest absolute Gasteiger partial charge is 0.341 e. The maximum atomic E-state index is 12.5. The standard InChI is InChI=1S/C27H32ClN3O5/c1-35-24-17-23(29)22(28)16-21(24)27(34)36-15-10-18-8-13-30(14-9-18)11-4-5-12-31-25(32)19-6-2-3-7-20(19)26(31)33/h2-3,6-7,16-18H,4-5,8-15,29H2,1H3. The van der Waals surface area contributed by atoms with E-state index in [1.807, 2.05) is 0 Å². The molecule has 0 atom stereocenters. The second-order valence-corrected chi connectivity index (χ2v) is 9.71. The molecule has 2 heterocycles. The summed E-state index contributed by atoms with van der Waals surface area (Å²) >= 11 is 6.04. The van der Waals surface area contributed by atoms with E-state index in [1.165, 1.54) is 24.1 Å². The number of rotatable bonds is 10. The molecule has 0 spiro atoms. The average molecular weight is 514 g/mol. The number of hydrogen-bond donors (Lipinski definition) is 1. The summed E-state index contributed by atoms with van der Waals surface area (Å²) in [6.07, 6.45) is 4.63. The summed E-state index contributed by atoms with van der Waals surface area (Å²) in [6, 6.07) is 10.00. The van der Waals surface area contributed by atoms with Crippen LogP contribution in [0.2, 0.25) is 5.02 Å². The summed E-state index contributed by atoms with van der Waals surface area (Å²) in [4.78, 5) is 41.2. The van der Waals surface area contributed by atoms with Crippen LogP contribution in [0.15, 0.2) is 36.4 Å². The van der Waals surface area contributed by atoms with Crippen molar-refractivity contribution in [2.24, 2.45) is 5.92 Å². The first-order chi connectivity index (χ1) is 17.4. The Morgan fingerprint density at radius 3 is 2.33 bits per heavy atom. The molecule has 2 N–H and O–H groups in total. The summed E-state index contributed by atoms with van der Waals surface area (Å²) in [5.41, 5.74) is 7.40. The first-order valence-corrected chi connectivity index (χ1v) is 12.7. The van der Waals surface area contributed by atoms with Crippen molar-refractivity contribution in [2.45, 2.75) is 32.1 Å². The Kier molecular flexibility index (Phi) is 8.48. The number of imide groups is 1. The van der Waals surface area contributed by atoms with Crippen LogP contribution in [-0.4, -0.2) is 67.5 Å². The molecule has 0 unspecified atom stereocenters. The number of nitrogen functional groups attached to an aromatic ring is 1. The Bertz CT molecular complexity index is 1100. The zero-order chi connectivity index (χ0) is 25.7. The van der Waals surface area contributed by atoms with Crippen LogP contribution in [0.25, 0.3) is 0 Å². The number of carbonyl (C=O) groups is 3. The van der Waals surface area contributed by atoms with Crippen molar-refractivity contribution in [3.05, 3.63) is 58.1 Å². The molecular formula is C27H32ClN3O5. The highest BCUT2D eigenvalue weighted by molar-refractivity contribution is 6.33. The highest BCUT2D eigenvalue weighted by Gasteiger charge is 2.34. The van der Waals surface area contributed by atoms with E-state index in [-0.39, 0.29) is 17.4 Å². The number of anilines is 1. The topological polar surface area (TPSA) is 102 Å². The van der Waals surface area contributed by atoms with Gasteiger partial charge in [-0.25, -0.2) is 4.79 Å². The van der Waals surface area contributed by atoms with Gasteiger partial charge in [0, 0.05) is 12.6 Å². The molecule has 4 rings (SSSR count). The van der Waals surface area contributed by atoms with Gasteiger partial charge in [-0.1, -0.05) is 23.7 Å². The van der Waals surface area contributed by atoms with Crippen LogP contribution >= 0.6 is 11.6 Å². The number of ether oxygens (including phenoxy) is 2. The van der Waals surface area contributed by atoms with Crippen LogP contribution in [0.1, 0.15) is 63.2 Å². The fourth-order valence-corrected chi connectivity index (χ4v) is 5.00. The molecule has 2 amide bonds. The van der Waals surface area contributed by atoms with Gasteiger partial charge in [0.2, 0.25) is 0 Å². The molecule has 2 aliphatic rings. The summed E-state index contributed by atoms with van der Waals surface area (Å²) in [5.74, 6) is 0.0110. The molecule has 0 saturated carbocycles. The Balaban J connectivity index is 1.12. The highest BCUT2D eigenvalue weighted by Crippen LogP contribution is 2.30. The van der Waals surface area contributed by atoms with Gasteiger partial charge >= 0.3 is 5.97 Å². The minimum absolute atomic E-state index is 0.185. The molecule has 36 heavy (non-hydrogen) atoms. The predicted octanol–water partition coefficient (Wildman–Crippen LogP) is 4.27. The third-order valence-electron chi connectivity index (χ3n) is 6.99. The summed E-state index contributed by atoms with van der Waals surface area (Å²) in [6.45, 7) is 3.73. The molecular weight excluding hydrogens is 482 g/mol. The molecule has 0 radical (unpaired) electrons. The van der Waals surface area contributed by atoms with E-state index in [1.54, 1.807) is 24.3 Å². The molecule has 2 aromatic carbocycles. The summed E-state index contributed by atoms with van der Waals surface area (Å²) in [5, 5.41) is 0.291. The maximum Gasteiger partial charge on any atom is 0.341 e. The number of hydrogen-bond acceptors (Lipinski definition) is 7. The molecule has 1 fully saturated rings. The number of carbonyl (C=O) groups excluding carboxylic acids is 3. The second-order valence-electron chi connectivity index (χ2n) is 9.30. The number of fused-ring (bicyclic) bond motifs is 1. The third kappa shape index (κ3) is 5.82. The fourth-order valence-electron chi connectivity index (χ4n) is 4.84. The first-order valence-electron chi connectivity index (χ1n) is 12.4. The summed E-state index contributed by atoms with van der Waals surface area (Å²) < 4.78 is 10.7. The second kappa shape index (κ2) is 11.8. The van der Waals surface area contributed by atoms with Gasteiger partial charge in [0.25, 0.3) is 11.8 Å². The Labute approximate surface area is 216 Å². The van der Waals surface area contributed by atoms with Crippen LogP contribution < -0.4 is 10.5 Å². The monoisotopic (exact) mass is 513 g/mol. The van der Waals surface area contributed by atoms with E-state index in [9.17, 15) is 14.4 Å². The Morgan fingerprint density at radius 1 is 1.06 bits per heavy atom. The third-order valence-corrected chi connectivity index (χ3v) is 7.32. The van der Waals surface area contributed by atoms with Crippen molar-refractivity contribution in [3.8, 4) is 5.75 Å². The van der Waals surface area contributed by atoms with E-state index < -0.39 is 5.97 Å². The van der Waals surface area contributed by atoms with Crippen molar-refractivity contribution in [1.29, 1.82) is 0 Å². The molecule has 2 aromatic rings. The Morgan fingerprint density at radius 2 is 1.69 bits per heavy atom. The number of unbranched alkanes of at least 4 members (excludes halogenated alkanes) is 1. The molecule has 2 aliphatic heterocycles. The number of halogens is 1. The molecule has 9 heteroatoms. The Hall–Kier alpha value is -3.10. The lowest BCUT2D eigenvalue weighted by atomic mass is 9.94. The van der Waals surface area contributed by atoms with Gasteiger partial charge in [0.05, 0.1) is 35.6 Å². The van der Waals surface area contributed by atoms with E-state index >= 15 is 0 Å². The van der Waals surface area contributed by atoms with Crippen LogP contribution in [0.3, 0.4) is 0 Å².